The Hall–Kier alpha value is -2.12. The molecule has 7 nitrogen and oxygen atoms in total. The van der Waals surface area contributed by atoms with Crippen molar-refractivity contribution in [2.24, 2.45) is 5.73 Å². The number of hydrogen-bond donors (Lipinski definition) is 3. The number of benzene rings is 1. The predicted molar refractivity (Wildman–Crippen MR) is 103 cm³/mol. The van der Waals surface area contributed by atoms with Gasteiger partial charge in [0.2, 0.25) is 0 Å². The van der Waals surface area contributed by atoms with Gasteiger partial charge in [-0.2, -0.15) is 0 Å². The molecule has 142 valence electrons. The number of aliphatic carboxylic acids is 1. The van der Waals surface area contributed by atoms with Crippen LogP contribution in [0, 0.1) is 5.41 Å². The molecule has 3 rings (SSSR count). The third kappa shape index (κ3) is 4.34. The van der Waals surface area contributed by atoms with E-state index in [1.165, 1.54) is 5.69 Å². The summed E-state index contributed by atoms with van der Waals surface area (Å²) in [6.07, 6.45) is 2.16. The number of carboxylic acids is 1. The third-order valence-corrected chi connectivity index (χ3v) is 5.90. The largest absolute Gasteiger partial charge is 0.477 e. The number of likely N-dealkylation sites (N-methyl/N-ethyl adjacent to an activating group) is 1. The van der Waals surface area contributed by atoms with Gasteiger partial charge >= 0.3 is 5.97 Å². The van der Waals surface area contributed by atoms with Crippen molar-refractivity contribution in [1.29, 1.82) is 5.41 Å². The summed E-state index contributed by atoms with van der Waals surface area (Å²) in [5, 5.41) is 16.6. The molecule has 0 radical (unpaired) electrons. The minimum Gasteiger partial charge on any atom is -0.477 e. The Morgan fingerprint density at radius 1 is 1.19 bits per heavy atom. The summed E-state index contributed by atoms with van der Waals surface area (Å²) >= 11 is 0. The molecule has 0 saturated carbocycles. The Balaban J connectivity index is 1.50. The van der Waals surface area contributed by atoms with Crippen LogP contribution in [0.15, 0.2) is 24.3 Å². The smallest absolute Gasteiger partial charge is 0.359 e. The fraction of sp³-hybridized carbons (Fsp3) is 0.579. The van der Waals surface area contributed by atoms with Gasteiger partial charge in [-0.3, -0.25) is 10.3 Å². The van der Waals surface area contributed by atoms with Crippen LogP contribution in [0.3, 0.4) is 0 Å². The highest BCUT2D eigenvalue weighted by Gasteiger charge is 2.35. The SMILES string of the molecule is C[N@+]1(CC(=O)O)CC[C@H](N2CCN(c3ccc(C(=N)N)cc3)CC2)CC1. The number of piperazine rings is 1. The highest BCUT2D eigenvalue weighted by molar-refractivity contribution is 5.95. The van der Waals surface area contributed by atoms with E-state index in [1.807, 2.05) is 24.3 Å². The van der Waals surface area contributed by atoms with E-state index >= 15 is 0 Å². The van der Waals surface area contributed by atoms with Crippen LogP contribution in [-0.2, 0) is 4.79 Å². The summed E-state index contributed by atoms with van der Waals surface area (Å²) in [4.78, 5) is 16.0. The van der Waals surface area contributed by atoms with E-state index in [4.69, 9.17) is 16.2 Å². The fourth-order valence-electron chi connectivity index (χ4n) is 4.22. The van der Waals surface area contributed by atoms with E-state index in [0.29, 0.717) is 10.5 Å². The first kappa shape index (κ1) is 18.7. The van der Waals surface area contributed by atoms with Crippen molar-refractivity contribution in [1.82, 2.24) is 4.90 Å². The summed E-state index contributed by atoms with van der Waals surface area (Å²) < 4.78 is 0.661. The van der Waals surface area contributed by atoms with Crippen LogP contribution < -0.4 is 10.6 Å². The number of likely N-dealkylation sites (tertiary alicyclic amines) is 1. The van der Waals surface area contributed by atoms with Crippen LogP contribution in [0.25, 0.3) is 0 Å². The number of nitrogen functional groups attached to an aromatic ring is 1. The Morgan fingerprint density at radius 3 is 2.27 bits per heavy atom. The second kappa shape index (κ2) is 7.63. The minimum atomic E-state index is -0.699. The van der Waals surface area contributed by atoms with Gasteiger partial charge in [-0.25, -0.2) is 4.79 Å². The molecule has 0 amide bonds. The number of anilines is 1. The molecule has 1 aromatic rings. The Morgan fingerprint density at radius 2 is 1.77 bits per heavy atom. The average Bonchev–Trinajstić information content (AvgIpc) is 2.62. The Labute approximate surface area is 155 Å². The summed E-state index contributed by atoms with van der Waals surface area (Å²) in [7, 11) is 2.06. The molecule has 0 aliphatic carbocycles. The standard InChI is InChI=1S/C19H29N5O2/c1-24(14-18(25)26)12-6-17(7-13-24)23-10-8-22(9-11-23)16-4-2-15(3-5-16)19(20)21/h2-5,17H,6-14H2,1H3,(H3-,20,21,25,26)/p+1/t17-,24-. The van der Waals surface area contributed by atoms with Gasteiger partial charge in [-0.05, 0) is 24.3 Å². The first-order valence-corrected chi connectivity index (χ1v) is 9.35. The maximum atomic E-state index is 11.0. The van der Waals surface area contributed by atoms with Gasteiger partial charge in [0.05, 0.1) is 20.1 Å². The number of quaternary nitrogens is 1. The third-order valence-electron chi connectivity index (χ3n) is 5.90. The number of carboxylic acid groups (broad SMARTS) is 1. The second-order valence-corrected chi connectivity index (χ2v) is 7.83. The van der Waals surface area contributed by atoms with Crippen LogP contribution in [0.4, 0.5) is 5.69 Å². The summed E-state index contributed by atoms with van der Waals surface area (Å²) in [5.41, 5.74) is 7.46. The lowest BCUT2D eigenvalue weighted by Crippen LogP contribution is -2.58. The van der Waals surface area contributed by atoms with Gasteiger partial charge in [-0.1, -0.05) is 0 Å². The molecule has 1 aromatic carbocycles. The average molecular weight is 360 g/mol. The number of piperidine rings is 1. The predicted octanol–water partition coefficient (Wildman–Crippen LogP) is 0.786. The van der Waals surface area contributed by atoms with E-state index < -0.39 is 5.97 Å². The number of hydrogen-bond acceptors (Lipinski definition) is 4. The number of nitrogens with two attached hydrogens (primary N) is 1. The van der Waals surface area contributed by atoms with Crippen LogP contribution in [0.1, 0.15) is 18.4 Å². The number of nitrogens with zero attached hydrogens (tertiary/aromatic N) is 3. The van der Waals surface area contributed by atoms with Crippen molar-refractivity contribution in [3.05, 3.63) is 29.8 Å². The topological polar surface area (TPSA) is 93.6 Å². The molecular formula is C19H30N5O2+. The van der Waals surface area contributed by atoms with Crippen LogP contribution in [0.5, 0.6) is 0 Å². The van der Waals surface area contributed by atoms with Crippen LogP contribution in [-0.4, -0.2) is 85.2 Å². The molecule has 0 aromatic heterocycles. The van der Waals surface area contributed by atoms with E-state index in [1.54, 1.807) is 0 Å². The van der Waals surface area contributed by atoms with Gasteiger partial charge in [0, 0.05) is 56.3 Å². The molecule has 2 saturated heterocycles. The molecule has 2 aliphatic heterocycles. The first-order chi connectivity index (χ1) is 12.4. The lowest BCUT2D eigenvalue weighted by Gasteiger charge is -2.45. The maximum Gasteiger partial charge on any atom is 0.359 e. The molecule has 0 unspecified atom stereocenters. The summed E-state index contributed by atoms with van der Waals surface area (Å²) in [6, 6.07) is 8.49. The summed E-state index contributed by atoms with van der Waals surface area (Å²) in [6.45, 7) is 6.21. The molecule has 0 atom stereocenters. The molecule has 4 N–H and O–H groups in total. The molecule has 0 spiro atoms. The van der Waals surface area contributed by atoms with Crippen molar-refractivity contribution in [2.45, 2.75) is 18.9 Å². The van der Waals surface area contributed by atoms with E-state index in [9.17, 15) is 4.79 Å². The first-order valence-electron chi connectivity index (χ1n) is 9.35. The zero-order valence-electron chi connectivity index (χ0n) is 15.5. The van der Waals surface area contributed by atoms with Crippen LogP contribution in [0.2, 0.25) is 0 Å². The van der Waals surface area contributed by atoms with Crippen LogP contribution >= 0.6 is 0 Å². The number of nitrogens with one attached hydrogen (secondary N) is 1. The van der Waals surface area contributed by atoms with Gasteiger partial charge in [0.1, 0.15) is 5.84 Å². The monoisotopic (exact) mass is 360 g/mol. The molecule has 26 heavy (non-hydrogen) atoms. The molecule has 7 heteroatoms. The number of rotatable bonds is 5. The lowest BCUT2D eigenvalue weighted by molar-refractivity contribution is -0.907. The molecular weight excluding hydrogens is 330 g/mol. The van der Waals surface area contributed by atoms with Gasteiger partial charge in [0.15, 0.2) is 6.54 Å². The molecule has 2 fully saturated rings. The number of amidine groups is 1. The zero-order chi connectivity index (χ0) is 18.7. The van der Waals surface area contributed by atoms with Crippen molar-refractivity contribution in [2.75, 3.05) is 57.8 Å². The zero-order valence-corrected chi connectivity index (χ0v) is 15.5. The number of carbonyl (C=O) groups is 1. The quantitative estimate of drug-likeness (QED) is 0.410. The minimum absolute atomic E-state index is 0.104. The van der Waals surface area contributed by atoms with Gasteiger partial charge in [-0.15, -0.1) is 0 Å². The van der Waals surface area contributed by atoms with E-state index in [2.05, 4.69) is 16.8 Å². The lowest BCUT2D eigenvalue weighted by atomic mass is 10.00. The molecule has 2 aliphatic rings. The molecule has 2 heterocycles. The highest BCUT2D eigenvalue weighted by atomic mass is 16.4. The van der Waals surface area contributed by atoms with E-state index in [-0.39, 0.29) is 12.4 Å². The fourth-order valence-corrected chi connectivity index (χ4v) is 4.22. The van der Waals surface area contributed by atoms with Crippen molar-refractivity contribution < 1.29 is 14.4 Å². The molecule has 0 bridgehead atoms. The van der Waals surface area contributed by atoms with Gasteiger partial charge in [0.25, 0.3) is 0 Å². The van der Waals surface area contributed by atoms with Crippen molar-refractivity contribution >= 4 is 17.5 Å². The Bertz CT molecular complexity index is 644. The van der Waals surface area contributed by atoms with E-state index in [0.717, 1.165) is 57.7 Å². The van der Waals surface area contributed by atoms with Gasteiger partial charge < -0.3 is 20.2 Å². The highest BCUT2D eigenvalue weighted by Crippen LogP contribution is 2.24. The normalized spacial score (nSPS) is 27.3. The van der Waals surface area contributed by atoms with Crippen molar-refractivity contribution in [3.63, 3.8) is 0 Å². The maximum absolute atomic E-state index is 11.0. The second-order valence-electron chi connectivity index (χ2n) is 7.83. The van der Waals surface area contributed by atoms with Crippen molar-refractivity contribution in [3.8, 4) is 0 Å². The Kier molecular flexibility index (Phi) is 5.48. The summed E-state index contributed by atoms with van der Waals surface area (Å²) in [5.74, 6) is -0.595.